The van der Waals surface area contributed by atoms with Gasteiger partial charge in [0.05, 0.1) is 0 Å². The molecule has 0 amide bonds. The molecular formula is C64H124O6. The first-order chi connectivity index (χ1) is 34.3. The highest BCUT2D eigenvalue weighted by Gasteiger charge is 2.19. The van der Waals surface area contributed by atoms with Crippen LogP contribution in [0.25, 0.3) is 0 Å². The molecule has 0 rings (SSSR count). The summed E-state index contributed by atoms with van der Waals surface area (Å²) in [7, 11) is 0. The molecule has 0 saturated carbocycles. The van der Waals surface area contributed by atoms with Gasteiger partial charge in [-0.25, -0.2) is 0 Å². The van der Waals surface area contributed by atoms with E-state index in [0.29, 0.717) is 19.3 Å². The van der Waals surface area contributed by atoms with Crippen LogP contribution in [0.4, 0.5) is 0 Å². The third-order valence-electron chi connectivity index (χ3n) is 15.1. The summed E-state index contributed by atoms with van der Waals surface area (Å²) >= 11 is 0. The summed E-state index contributed by atoms with van der Waals surface area (Å²) in [6.45, 7) is 11.5. The number of hydrogen-bond acceptors (Lipinski definition) is 6. The number of esters is 3. The average molecular weight is 990 g/mol. The van der Waals surface area contributed by atoms with E-state index >= 15 is 0 Å². The molecule has 0 bridgehead atoms. The number of ether oxygens (including phenoxy) is 3. The molecule has 0 aliphatic heterocycles. The van der Waals surface area contributed by atoms with E-state index in [1.165, 1.54) is 250 Å². The third kappa shape index (κ3) is 55.7. The van der Waals surface area contributed by atoms with Crippen LogP contribution in [0.1, 0.15) is 362 Å². The minimum atomic E-state index is -0.764. The standard InChI is InChI=1S/C64H124O6/c1-6-8-9-10-11-12-13-14-15-16-20-23-26-29-34-39-44-49-54-62(65)68-57-61(70-64(67)56-51-46-41-36-31-32-37-42-47-52-59(3)4)58-69-63(66)55-50-45-40-35-30-27-24-21-18-17-19-22-25-28-33-38-43-48-53-60(5)7-2/h59-61H,6-58H2,1-5H3/t60?,61-/m0/s1. The largest absolute Gasteiger partial charge is 0.462 e. The molecule has 2 atom stereocenters. The van der Waals surface area contributed by atoms with Crippen molar-refractivity contribution in [1.29, 1.82) is 0 Å². The van der Waals surface area contributed by atoms with Crippen molar-refractivity contribution < 1.29 is 28.6 Å². The van der Waals surface area contributed by atoms with Crippen molar-refractivity contribution >= 4 is 17.9 Å². The molecule has 0 aromatic rings. The van der Waals surface area contributed by atoms with Gasteiger partial charge in [-0.05, 0) is 31.1 Å². The molecule has 6 nitrogen and oxygen atoms in total. The molecule has 0 fully saturated rings. The molecule has 0 aliphatic carbocycles. The van der Waals surface area contributed by atoms with Crippen LogP contribution in [-0.2, 0) is 28.6 Å². The Labute approximate surface area is 438 Å². The summed E-state index contributed by atoms with van der Waals surface area (Å²) in [5.41, 5.74) is 0. The molecule has 0 heterocycles. The van der Waals surface area contributed by atoms with Gasteiger partial charge >= 0.3 is 17.9 Å². The van der Waals surface area contributed by atoms with Crippen LogP contribution in [0.3, 0.4) is 0 Å². The van der Waals surface area contributed by atoms with Gasteiger partial charge in [-0.15, -0.1) is 0 Å². The summed E-state index contributed by atoms with van der Waals surface area (Å²) < 4.78 is 16.9. The van der Waals surface area contributed by atoms with Gasteiger partial charge < -0.3 is 14.2 Å². The van der Waals surface area contributed by atoms with E-state index in [-0.39, 0.29) is 31.1 Å². The number of carbonyl (C=O) groups is 3. The van der Waals surface area contributed by atoms with Crippen LogP contribution in [0, 0.1) is 11.8 Å². The second-order valence-electron chi connectivity index (χ2n) is 22.8. The Bertz CT molecular complexity index is 1070. The van der Waals surface area contributed by atoms with Crippen LogP contribution >= 0.6 is 0 Å². The van der Waals surface area contributed by atoms with Crippen molar-refractivity contribution in [3.05, 3.63) is 0 Å². The summed E-state index contributed by atoms with van der Waals surface area (Å²) in [5, 5.41) is 0. The molecule has 0 aromatic heterocycles. The SMILES string of the molecule is CCCCCCCCCCCCCCCCCCCCC(=O)OC[C@@H](COC(=O)CCCCCCCCCCCCCCCCCCCCC(C)CC)OC(=O)CCCCCCCCCCCC(C)C. The van der Waals surface area contributed by atoms with Crippen LogP contribution in [-0.4, -0.2) is 37.2 Å². The molecule has 1 unspecified atom stereocenters. The summed E-state index contributed by atoms with van der Waals surface area (Å²) in [6, 6.07) is 0. The lowest BCUT2D eigenvalue weighted by molar-refractivity contribution is -0.167. The Morgan fingerprint density at radius 1 is 0.300 bits per heavy atom. The van der Waals surface area contributed by atoms with Crippen molar-refractivity contribution in [2.24, 2.45) is 11.8 Å². The van der Waals surface area contributed by atoms with Crippen molar-refractivity contribution in [3.8, 4) is 0 Å². The molecule has 0 aromatic carbocycles. The average Bonchev–Trinajstić information content (AvgIpc) is 3.35. The van der Waals surface area contributed by atoms with Gasteiger partial charge in [0.25, 0.3) is 0 Å². The zero-order valence-electron chi connectivity index (χ0n) is 48.2. The fourth-order valence-electron chi connectivity index (χ4n) is 9.90. The maximum absolute atomic E-state index is 12.9. The van der Waals surface area contributed by atoms with Crippen LogP contribution < -0.4 is 0 Å². The summed E-state index contributed by atoms with van der Waals surface area (Å²) in [4.78, 5) is 38.2. The topological polar surface area (TPSA) is 78.9 Å². The van der Waals surface area contributed by atoms with Gasteiger partial charge in [0.15, 0.2) is 6.10 Å². The minimum Gasteiger partial charge on any atom is -0.462 e. The maximum Gasteiger partial charge on any atom is 0.306 e. The Kier molecular flexibility index (Phi) is 55.4. The monoisotopic (exact) mass is 989 g/mol. The van der Waals surface area contributed by atoms with Gasteiger partial charge in [0.2, 0.25) is 0 Å². The highest BCUT2D eigenvalue weighted by atomic mass is 16.6. The normalized spacial score (nSPS) is 12.4. The Hall–Kier alpha value is -1.59. The maximum atomic E-state index is 12.9. The number of unbranched alkanes of at least 4 members (excludes halogenated alkanes) is 42. The fraction of sp³-hybridized carbons (Fsp3) is 0.953. The first-order valence-electron chi connectivity index (χ1n) is 31.8. The van der Waals surface area contributed by atoms with Gasteiger partial charge in [-0.3, -0.25) is 14.4 Å². The smallest absolute Gasteiger partial charge is 0.306 e. The lowest BCUT2D eigenvalue weighted by Gasteiger charge is -2.18. The van der Waals surface area contributed by atoms with E-state index in [2.05, 4.69) is 34.6 Å². The molecule has 0 saturated heterocycles. The van der Waals surface area contributed by atoms with E-state index in [1.54, 1.807) is 0 Å². The van der Waals surface area contributed by atoms with E-state index in [4.69, 9.17) is 14.2 Å². The Balaban J connectivity index is 4.21. The second-order valence-corrected chi connectivity index (χ2v) is 22.8. The van der Waals surface area contributed by atoms with Crippen LogP contribution in [0.2, 0.25) is 0 Å². The zero-order chi connectivity index (χ0) is 51.1. The molecule has 0 N–H and O–H groups in total. The third-order valence-corrected chi connectivity index (χ3v) is 15.1. The van der Waals surface area contributed by atoms with E-state index in [9.17, 15) is 14.4 Å². The lowest BCUT2D eigenvalue weighted by Crippen LogP contribution is -2.30. The predicted octanol–water partition coefficient (Wildman–Crippen LogP) is 21.2. The highest BCUT2D eigenvalue weighted by Crippen LogP contribution is 2.19. The fourth-order valence-corrected chi connectivity index (χ4v) is 9.90. The van der Waals surface area contributed by atoms with E-state index < -0.39 is 6.10 Å². The van der Waals surface area contributed by atoms with Gasteiger partial charge in [0.1, 0.15) is 13.2 Å². The zero-order valence-corrected chi connectivity index (χ0v) is 48.2. The molecule has 70 heavy (non-hydrogen) atoms. The summed E-state index contributed by atoms with van der Waals surface area (Å²) in [5.74, 6) is 0.881. The molecule has 6 heteroatoms. The number of carbonyl (C=O) groups excluding carboxylic acids is 3. The van der Waals surface area contributed by atoms with Crippen molar-refractivity contribution in [3.63, 3.8) is 0 Å². The van der Waals surface area contributed by atoms with Crippen molar-refractivity contribution in [2.75, 3.05) is 13.2 Å². The number of rotatable bonds is 58. The quantitative estimate of drug-likeness (QED) is 0.0343. The Morgan fingerprint density at radius 2 is 0.543 bits per heavy atom. The van der Waals surface area contributed by atoms with Crippen molar-refractivity contribution in [2.45, 2.75) is 368 Å². The molecule has 416 valence electrons. The Morgan fingerprint density at radius 3 is 0.814 bits per heavy atom. The van der Waals surface area contributed by atoms with E-state index in [1.807, 2.05) is 0 Å². The van der Waals surface area contributed by atoms with Crippen LogP contribution in [0.15, 0.2) is 0 Å². The summed E-state index contributed by atoms with van der Waals surface area (Å²) in [6.07, 6.45) is 62.5. The first-order valence-corrected chi connectivity index (χ1v) is 31.8. The molecule has 0 aliphatic rings. The van der Waals surface area contributed by atoms with Gasteiger partial charge in [-0.2, -0.15) is 0 Å². The molecule has 0 spiro atoms. The van der Waals surface area contributed by atoms with Crippen LogP contribution in [0.5, 0.6) is 0 Å². The molecular weight excluding hydrogens is 865 g/mol. The highest BCUT2D eigenvalue weighted by molar-refractivity contribution is 5.71. The minimum absolute atomic E-state index is 0.0625. The van der Waals surface area contributed by atoms with Gasteiger partial charge in [0, 0.05) is 19.3 Å². The van der Waals surface area contributed by atoms with E-state index in [0.717, 1.165) is 69.6 Å². The van der Waals surface area contributed by atoms with Crippen molar-refractivity contribution in [1.82, 2.24) is 0 Å². The second kappa shape index (κ2) is 56.7. The first kappa shape index (κ1) is 68.4. The predicted molar refractivity (Wildman–Crippen MR) is 303 cm³/mol. The molecule has 0 radical (unpaired) electrons. The van der Waals surface area contributed by atoms with Gasteiger partial charge in [-0.1, -0.05) is 324 Å². The number of hydrogen-bond donors (Lipinski definition) is 0. The lowest BCUT2D eigenvalue weighted by atomic mass is 9.99.